The molecule has 2 heterocycles. The van der Waals surface area contributed by atoms with Crippen LogP contribution in [0.5, 0.6) is 5.75 Å². The average molecular weight is 363 g/mol. The Morgan fingerprint density at radius 3 is 2.88 bits per heavy atom. The molecule has 2 N–H and O–H groups in total. The number of aryl methyl sites for hydroxylation is 1. The van der Waals surface area contributed by atoms with Crippen LogP contribution in [0, 0.1) is 12.7 Å². The van der Waals surface area contributed by atoms with E-state index in [9.17, 15) is 9.18 Å². The summed E-state index contributed by atoms with van der Waals surface area (Å²) in [6.45, 7) is 2.96. The number of likely N-dealkylation sites (N-methyl/N-ethyl adjacent to an activating group) is 1. The topological polar surface area (TPSA) is 53.6 Å². The first-order valence-electron chi connectivity index (χ1n) is 8.21. The number of hydrogen-bond donors (Lipinski definition) is 2. The molecule has 1 aromatic heterocycles. The van der Waals surface area contributed by atoms with Crippen LogP contribution in [-0.4, -0.2) is 36.5 Å². The van der Waals surface area contributed by atoms with Crippen LogP contribution in [-0.2, 0) is 11.3 Å². The first kappa shape index (κ1) is 17.8. The number of halogens is 1. The van der Waals surface area contributed by atoms with E-state index in [-0.39, 0.29) is 29.6 Å². The third-order valence-electron chi connectivity index (χ3n) is 4.28. The quantitative estimate of drug-likeness (QED) is 0.828. The molecule has 1 saturated heterocycles. The van der Waals surface area contributed by atoms with Crippen LogP contribution >= 0.6 is 11.3 Å². The summed E-state index contributed by atoms with van der Waals surface area (Å²) in [6, 6.07) is 8.01. The van der Waals surface area contributed by atoms with Crippen molar-refractivity contribution in [1.29, 1.82) is 0 Å². The van der Waals surface area contributed by atoms with Crippen LogP contribution in [0.1, 0.15) is 16.9 Å². The molecule has 0 bridgehead atoms. The average Bonchev–Trinajstić information content (AvgIpc) is 3.23. The van der Waals surface area contributed by atoms with Gasteiger partial charge in [0.05, 0.1) is 12.6 Å². The van der Waals surface area contributed by atoms with Gasteiger partial charge in [-0.05, 0) is 42.5 Å². The number of hydrazine groups is 1. The molecule has 7 heteroatoms. The van der Waals surface area contributed by atoms with Gasteiger partial charge in [0.15, 0.2) is 11.6 Å². The van der Waals surface area contributed by atoms with E-state index >= 15 is 0 Å². The number of ether oxygens (including phenoxy) is 1. The Labute approximate surface area is 150 Å². The van der Waals surface area contributed by atoms with Crippen LogP contribution in [0.4, 0.5) is 4.39 Å². The van der Waals surface area contributed by atoms with Gasteiger partial charge in [0.2, 0.25) is 5.91 Å². The molecule has 1 aromatic carbocycles. The van der Waals surface area contributed by atoms with Gasteiger partial charge >= 0.3 is 0 Å². The van der Waals surface area contributed by atoms with E-state index in [1.807, 2.05) is 12.4 Å². The van der Waals surface area contributed by atoms with E-state index in [1.165, 1.54) is 16.5 Å². The molecule has 2 atom stereocenters. The van der Waals surface area contributed by atoms with Crippen molar-refractivity contribution >= 4 is 17.2 Å². The fourth-order valence-corrected chi connectivity index (χ4v) is 3.73. The van der Waals surface area contributed by atoms with Gasteiger partial charge in [-0.3, -0.25) is 10.2 Å². The maximum absolute atomic E-state index is 13.6. The summed E-state index contributed by atoms with van der Waals surface area (Å²) < 4.78 is 19.1. The van der Waals surface area contributed by atoms with Gasteiger partial charge in [-0.1, -0.05) is 12.1 Å². The number of nitrogens with zero attached hydrogens (tertiary/aromatic N) is 1. The Balaban J connectivity index is 1.49. The molecule has 1 aliphatic heterocycles. The number of rotatable bonds is 6. The number of para-hydroxylation sites is 1. The number of carbonyl (C=O) groups excluding carboxylic acids is 1. The second-order valence-corrected chi connectivity index (χ2v) is 7.24. The molecule has 2 unspecified atom stereocenters. The molecule has 0 spiro atoms. The van der Waals surface area contributed by atoms with Crippen molar-refractivity contribution in [2.24, 2.45) is 0 Å². The van der Waals surface area contributed by atoms with Crippen molar-refractivity contribution in [3.63, 3.8) is 0 Å². The van der Waals surface area contributed by atoms with Crippen molar-refractivity contribution in [3.8, 4) is 5.75 Å². The summed E-state index contributed by atoms with van der Waals surface area (Å²) in [5, 5.41) is 2.04. The third-order valence-corrected chi connectivity index (χ3v) is 5.29. The zero-order valence-corrected chi connectivity index (χ0v) is 15.1. The fraction of sp³-hybridized carbons (Fsp3) is 0.389. The zero-order chi connectivity index (χ0) is 17.8. The maximum atomic E-state index is 13.6. The predicted octanol–water partition coefficient (Wildman–Crippen LogP) is 2.47. The van der Waals surface area contributed by atoms with Crippen molar-refractivity contribution in [3.05, 3.63) is 52.0 Å². The predicted molar refractivity (Wildman–Crippen MR) is 95.9 cm³/mol. The van der Waals surface area contributed by atoms with Gasteiger partial charge < -0.3 is 9.64 Å². The van der Waals surface area contributed by atoms with E-state index in [4.69, 9.17) is 4.74 Å². The number of amides is 1. The lowest BCUT2D eigenvalue weighted by molar-refractivity contribution is -0.132. The Morgan fingerprint density at radius 1 is 1.36 bits per heavy atom. The van der Waals surface area contributed by atoms with Gasteiger partial charge in [-0.2, -0.15) is 0 Å². The Kier molecular flexibility index (Phi) is 5.67. The number of carbonyl (C=O) groups is 1. The highest BCUT2D eigenvalue weighted by molar-refractivity contribution is 7.10. The van der Waals surface area contributed by atoms with E-state index in [1.54, 1.807) is 34.4 Å². The monoisotopic (exact) mass is 363 g/mol. The van der Waals surface area contributed by atoms with Crippen LogP contribution < -0.4 is 15.6 Å². The summed E-state index contributed by atoms with van der Waals surface area (Å²) in [5.41, 5.74) is 7.29. The first-order chi connectivity index (χ1) is 12.0. The lowest BCUT2D eigenvalue weighted by Gasteiger charge is -2.20. The largest absolute Gasteiger partial charge is 0.489 e. The van der Waals surface area contributed by atoms with Gasteiger partial charge in [0.25, 0.3) is 0 Å². The van der Waals surface area contributed by atoms with Crippen molar-refractivity contribution < 1.29 is 13.9 Å². The van der Waals surface area contributed by atoms with Gasteiger partial charge in [0.1, 0.15) is 12.6 Å². The molecule has 25 heavy (non-hydrogen) atoms. The van der Waals surface area contributed by atoms with Crippen LogP contribution in [0.2, 0.25) is 0 Å². The molecule has 0 radical (unpaired) electrons. The molecule has 1 fully saturated rings. The standard InChI is InChI=1S/C18H22FN3O2S/c1-12-7-8-25-17(12)10-22(2)18(23)15-9-13(20-21-15)11-24-16-6-4-3-5-14(16)19/h3-8,13,15,20-21H,9-11H2,1-2H3. The van der Waals surface area contributed by atoms with Crippen molar-refractivity contribution in [2.75, 3.05) is 13.7 Å². The summed E-state index contributed by atoms with van der Waals surface area (Å²) in [4.78, 5) is 15.5. The molecule has 5 nitrogen and oxygen atoms in total. The van der Waals surface area contributed by atoms with E-state index in [0.717, 1.165) is 0 Å². The molecule has 2 aromatic rings. The molecular formula is C18H22FN3O2S. The smallest absolute Gasteiger partial charge is 0.241 e. The Morgan fingerprint density at radius 2 is 2.16 bits per heavy atom. The number of hydrogen-bond acceptors (Lipinski definition) is 5. The second-order valence-electron chi connectivity index (χ2n) is 6.24. The first-order valence-corrected chi connectivity index (χ1v) is 9.09. The molecule has 1 amide bonds. The van der Waals surface area contributed by atoms with Gasteiger partial charge in [0, 0.05) is 11.9 Å². The fourth-order valence-electron chi connectivity index (χ4n) is 2.77. The van der Waals surface area contributed by atoms with E-state index in [0.29, 0.717) is 19.6 Å². The van der Waals surface area contributed by atoms with Gasteiger partial charge in [-0.15, -0.1) is 11.3 Å². The lowest BCUT2D eigenvalue weighted by Crippen LogP contribution is -2.44. The minimum atomic E-state index is -0.382. The summed E-state index contributed by atoms with van der Waals surface area (Å²) >= 11 is 1.66. The van der Waals surface area contributed by atoms with E-state index in [2.05, 4.69) is 23.8 Å². The summed E-state index contributed by atoms with van der Waals surface area (Å²) in [5.74, 6) is -0.120. The molecule has 1 aliphatic rings. The number of nitrogens with one attached hydrogen (secondary N) is 2. The SMILES string of the molecule is Cc1ccsc1CN(C)C(=O)C1CC(COc2ccccc2F)NN1. The highest BCUT2D eigenvalue weighted by Gasteiger charge is 2.31. The summed E-state index contributed by atoms with van der Waals surface area (Å²) in [7, 11) is 1.81. The molecular weight excluding hydrogens is 341 g/mol. The molecule has 0 saturated carbocycles. The third kappa shape index (κ3) is 4.36. The van der Waals surface area contributed by atoms with Crippen LogP contribution in [0.25, 0.3) is 0 Å². The minimum absolute atomic E-state index is 0.0358. The highest BCUT2D eigenvalue weighted by Crippen LogP contribution is 2.19. The number of benzene rings is 1. The second kappa shape index (κ2) is 7.95. The number of thiophene rings is 1. The molecule has 0 aliphatic carbocycles. The maximum Gasteiger partial charge on any atom is 0.241 e. The van der Waals surface area contributed by atoms with Crippen molar-refractivity contribution in [1.82, 2.24) is 15.8 Å². The Bertz CT molecular complexity index is 737. The highest BCUT2D eigenvalue weighted by atomic mass is 32.1. The minimum Gasteiger partial charge on any atom is -0.489 e. The van der Waals surface area contributed by atoms with Crippen LogP contribution in [0.3, 0.4) is 0 Å². The zero-order valence-electron chi connectivity index (χ0n) is 14.3. The molecule has 134 valence electrons. The van der Waals surface area contributed by atoms with Crippen LogP contribution in [0.15, 0.2) is 35.7 Å². The normalized spacial score (nSPS) is 19.8. The van der Waals surface area contributed by atoms with Gasteiger partial charge in [-0.25, -0.2) is 9.82 Å². The summed E-state index contributed by atoms with van der Waals surface area (Å²) in [6.07, 6.45) is 0.598. The lowest BCUT2D eigenvalue weighted by atomic mass is 10.1. The van der Waals surface area contributed by atoms with Crippen molar-refractivity contribution in [2.45, 2.75) is 32.0 Å². The Hall–Kier alpha value is -1.96. The molecule has 3 rings (SSSR count). The van der Waals surface area contributed by atoms with E-state index < -0.39 is 0 Å².